The van der Waals surface area contributed by atoms with E-state index >= 15 is 0 Å². The number of rotatable bonds is 5. The van der Waals surface area contributed by atoms with Gasteiger partial charge in [-0.05, 0) is 24.6 Å². The van der Waals surface area contributed by atoms with Crippen LogP contribution in [0.2, 0.25) is 0 Å². The number of aryl methyl sites for hydroxylation is 1. The van der Waals surface area contributed by atoms with E-state index in [2.05, 4.69) is 10.2 Å². The van der Waals surface area contributed by atoms with Gasteiger partial charge in [0, 0.05) is 26.2 Å². The SMILES string of the molecule is COc1cc(C)cc(OC)c1[C@@H](CO)N1CCNCC1. The van der Waals surface area contributed by atoms with Gasteiger partial charge in [-0.1, -0.05) is 0 Å². The maximum Gasteiger partial charge on any atom is 0.127 e. The van der Waals surface area contributed by atoms with Gasteiger partial charge in [-0.2, -0.15) is 0 Å². The first kappa shape index (κ1) is 15.1. The summed E-state index contributed by atoms with van der Waals surface area (Å²) in [6, 6.07) is 3.88. The average Bonchev–Trinajstić information content (AvgIpc) is 2.49. The molecule has 20 heavy (non-hydrogen) atoms. The van der Waals surface area contributed by atoms with Crippen LogP contribution in [0, 0.1) is 6.92 Å². The molecule has 0 saturated carbocycles. The van der Waals surface area contributed by atoms with Crippen molar-refractivity contribution in [2.45, 2.75) is 13.0 Å². The second-order valence-corrected chi connectivity index (χ2v) is 5.07. The second-order valence-electron chi connectivity index (χ2n) is 5.07. The lowest BCUT2D eigenvalue weighted by atomic mass is 10.0. The van der Waals surface area contributed by atoms with Gasteiger partial charge < -0.3 is 19.9 Å². The van der Waals surface area contributed by atoms with Crippen LogP contribution < -0.4 is 14.8 Å². The molecule has 0 aromatic heterocycles. The minimum absolute atomic E-state index is 0.0514. The summed E-state index contributed by atoms with van der Waals surface area (Å²) in [4.78, 5) is 2.27. The van der Waals surface area contributed by atoms with E-state index in [1.54, 1.807) is 14.2 Å². The molecule has 2 N–H and O–H groups in total. The van der Waals surface area contributed by atoms with Crippen molar-refractivity contribution in [3.8, 4) is 11.5 Å². The Kier molecular flexibility index (Phi) is 5.23. The van der Waals surface area contributed by atoms with Crippen molar-refractivity contribution in [3.05, 3.63) is 23.3 Å². The molecule has 5 nitrogen and oxygen atoms in total. The first-order valence-electron chi connectivity index (χ1n) is 6.99. The van der Waals surface area contributed by atoms with Gasteiger partial charge in [-0.3, -0.25) is 4.90 Å². The number of aliphatic hydroxyl groups is 1. The van der Waals surface area contributed by atoms with E-state index in [1.807, 2.05) is 19.1 Å². The number of nitrogens with one attached hydrogen (secondary N) is 1. The predicted molar refractivity (Wildman–Crippen MR) is 78.6 cm³/mol. The fourth-order valence-corrected chi connectivity index (χ4v) is 2.78. The molecule has 1 heterocycles. The van der Waals surface area contributed by atoms with Crippen molar-refractivity contribution in [1.29, 1.82) is 0 Å². The van der Waals surface area contributed by atoms with Crippen molar-refractivity contribution in [3.63, 3.8) is 0 Å². The molecule has 1 atom stereocenters. The Hall–Kier alpha value is -1.30. The largest absolute Gasteiger partial charge is 0.496 e. The lowest BCUT2D eigenvalue weighted by Gasteiger charge is -2.35. The maximum absolute atomic E-state index is 9.87. The van der Waals surface area contributed by atoms with Gasteiger partial charge in [0.15, 0.2) is 0 Å². The Morgan fingerprint density at radius 1 is 1.20 bits per heavy atom. The van der Waals surface area contributed by atoms with E-state index in [0.717, 1.165) is 48.8 Å². The van der Waals surface area contributed by atoms with Gasteiger partial charge in [0.1, 0.15) is 11.5 Å². The van der Waals surface area contributed by atoms with Crippen LogP contribution in [0.3, 0.4) is 0 Å². The van der Waals surface area contributed by atoms with Crippen molar-refractivity contribution in [2.75, 3.05) is 47.0 Å². The Bertz CT molecular complexity index is 420. The molecule has 1 aliphatic rings. The number of hydrogen-bond acceptors (Lipinski definition) is 5. The third-order valence-electron chi connectivity index (χ3n) is 3.79. The smallest absolute Gasteiger partial charge is 0.127 e. The van der Waals surface area contributed by atoms with Gasteiger partial charge in [0.05, 0.1) is 32.4 Å². The number of nitrogens with zero attached hydrogens (tertiary/aromatic N) is 1. The molecule has 0 amide bonds. The summed E-state index contributed by atoms with van der Waals surface area (Å²) in [7, 11) is 3.31. The van der Waals surface area contributed by atoms with Crippen LogP contribution in [-0.2, 0) is 0 Å². The van der Waals surface area contributed by atoms with Crippen molar-refractivity contribution in [1.82, 2.24) is 10.2 Å². The molecule has 0 spiro atoms. The number of methoxy groups -OCH3 is 2. The number of ether oxygens (including phenoxy) is 2. The van der Waals surface area contributed by atoms with Gasteiger partial charge in [0.2, 0.25) is 0 Å². The van der Waals surface area contributed by atoms with Crippen LogP contribution >= 0.6 is 0 Å². The molecule has 0 radical (unpaired) electrons. The number of hydrogen-bond donors (Lipinski definition) is 2. The van der Waals surface area contributed by atoms with Crippen LogP contribution in [0.1, 0.15) is 17.2 Å². The van der Waals surface area contributed by atoms with Gasteiger partial charge in [0.25, 0.3) is 0 Å². The Morgan fingerprint density at radius 3 is 2.20 bits per heavy atom. The topological polar surface area (TPSA) is 54.0 Å². The fraction of sp³-hybridized carbons (Fsp3) is 0.600. The summed E-state index contributed by atoms with van der Waals surface area (Å²) in [5.74, 6) is 1.55. The molecule has 0 aliphatic carbocycles. The van der Waals surface area contributed by atoms with Crippen LogP contribution in [0.5, 0.6) is 11.5 Å². The summed E-state index contributed by atoms with van der Waals surface area (Å²) in [5.41, 5.74) is 2.02. The quantitative estimate of drug-likeness (QED) is 0.841. The van der Waals surface area contributed by atoms with Crippen molar-refractivity contribution >= 4 is 0 Å². The van der Waals surface area contributed by atoms with Crippen LogP contribution in [-0.4, -0.2) is 57.0 Å². The zero-order chi connectivity index (χ0) is 14.5. The highest BCUT2D eigenvalue weighted by Gasteiger charge is 2.27. The van der Waals surface area contributed by atoms with Crippen LogP contribution in [0.4, 0.5) is 0 Å². The molecular weight excluding hydrogens is 256 g/mol. The standard InChI is InChI=1S/C15H24N2O3/c1-11-8-13(19-2)15(14(9-11)20-3)12(10-18)17-6-4-16-5-7-17/h8-9,12,16,18H,4-7,10H2,1-3H3/t12-/m1/s1. The summed E-state index contributed by atoms with van der Waals surface area (Å²) < 4.78 is 11.0. The van der Waals surface area contributed by atoms with Gasteiger partial charge in [-0.15, -0.1) is 0 Å². The Morgan fingerprint density at radius 2 is 1.75 bits per heavy atom. The summed E-state index contributed by atoms with van der Waals surface area (Å²) in [5, 5.41) is 13.2. The first-order chi connectivity index (χ1) is 9.71. The molecular formula is C15H24N2O3. The normalized spacial score (nSPS) is 17.8. The number of aliphatic hydroxyl groups excluding tert-OH is 1. The molecule has 1 aromatic carbocycles. The molecule has 1 fully saturated rings. The fourth-order valence-electron chi connectivity index (χ4n) is 2.78. The highest BCUT2D eigenvalue weighted by Crippen LogP contribution is 2.38. The third-order valence-corrected chi connectivity index (χ3v) is 3.79. The van der Waals surface area contributed by atoms with E-state index in [4.69, 9.17) is 9.47 Å². The van der Waals surface area contributed by atoms with E-state index in [9.17, 15) is 5.11 Å². The molecule has 1 aromatic rings. The first-order valence-corrected chi connectivity index (χ1v) is 6.99. The number of piperazine rings is 1. The monoisotopic (exact) mass is 280 g/mol. The van der Waals surface area contributed by atoms with Crippen molar-refractivity contribution in [2.24, 2.45) is 0 Å². The third kappa shape index (κ3) is 3.06. The minimum Gasteiger partial charge on any atom is -0.496 e. The predicted octanol–water partition coefficient (Wildman–Crippen LogP) is 0.951. The number of benzene rings is 1. The lowest BCUT2D eigenvalue weighted by molar-refractivity contribution is 0.107. The zero-order valence-electron chi connectivity index (χ0n) is 12.5. The second kappa shape index (κ2) is 6.92. The maximum atomic E-state index is 9.87. The van der Waals surface area contributed by atoms with E-state index in [1.165, 1.54) is 0 Å². The molecule has 2 rings (SSSR count). The molecule has 1 saturated heterocycles. The zero-order valence-corrected chi connectivity index (χ0v) is 12.5. The minimum atomic E-state index is -0.0948. The highest BCUT2D eigenvalue weighted by molar-refractivity contribution is 5.50. The molecule has 0 unspecified atom stereocenters. The highest BCUT2D eigenvalue weighted by atomic mass is 16.5. The molecule has 112 valence electrons. The molecule has 5 heteroatoms. The van der Waals surface area contributed by atoms with Gasteiger partial charge in [-0.25, -0.2) is 0 Å². The molecule has 0 bridgehead atoms. The van der Waals surface area contributed by atoms with Crippen molar-refractivity contribution < 1.29 is 14.6 Å². The van der Waals surface area contributed by atoms with Crippen LogP contribution in [0.25, 0.3) is 0 Å². The average molecular weight is 280 g/mol. The Labute approximate surface area is 120 Å². The van der Waals surface area contributed by atoms with Gasteiger partial charge >= 0.3 is 0 Å². The summed E-state index contributed by atoms with van der Waals surface area (Å²) in [6.07, 6.45) is 0. The Balaban J connectivity index is 2.41. The molecule has 1 aliphatic heterocycles. The van der Waals surface area contributed by atoms with Crippen LogP contribution in [0.15, 0.2) is 12.1 Å². The van der Waals surface area contributed by atoms with E-state index in [0.29, 0.717) is 0 Å². The van der Waals surface area contributed by atoms with E-state index < -0.39 is 0 Å². The van der Waals surface area contributed by atoms with E-state index in [-0.39, 0.29) is 12.6 Å². The summed E-state index contributed by atoms with van der Waals surface area (Å²) in [6.45, 7) is 5.75. The lowest BCUT2D eigenvalue weighted by Crippen LogP contribution is -2.46. The summed E-state index contributed by atoms with van der Waals surface area (Å²) >= 11 is 0.